The number of hydrogen-bond donors (Lipinski definition) is 2. The lowest BCUT2D eigenvalue weighted by molar-refractivity contribution is -0.118. The topological polar surface area (TPSA) is 105 Å². The minimum absolute atomic E-state index is 0.0177. The fourth-order valence-corrected chi connectivity index (χ4v) is 5.86. The molecule has 2 aliphatic carbocycles. The zero-order valence-corrected chi connectivity index (χ0v) is 19.6. The van der Waals surface area contributed by atoms with Crippen molar-refractivity contribution in [1.29, 1.82) is 0 Å². The van der Waals surface area contributed by atoms with Crippen LogP contribution in [0.4, 0.5) is 9.18 Å². The van der Waals surface area contributed by atoms with E-state index in [4.69, 9.17) is 4.74 Å². The average Bonchev–Trinajstić information content (AvgIpc) is 3.55. The molecule has 1 atom stereocenters. The Morgan fingerprint density at radius 2 is 1.94 bits per heavy atom. The molecule has 10 heteroatoms. The number of hydrogen-bond acceptors (Lipinski definition) is 5. The molecule has 1 aromatic carbocycles. The molecule has 1 unspecified atom stereocenters. The largest absolute Gasteiger partial charge is 0.490 e. The van der Waals surface area contributed by atoms with E-state index in [2.05, 4.69) is 10.0 Å². The summed E-state index contributed by atoms with van der Waals surface area (Å²) in [6.07, 6.45) is 7.00. The molecule has 2 N–H and O–H groups in total. The zero-order chi connectivity index (χ0) is 23.4. The summed E-state index contributed by atoms with van der Waals surface area (Å²) in [5.74, 6) is 0.0780. The molecule has 1 aliphatic heterocycles. The number of carbonyl (C=O) groups excluding carboxylic acids is 2. The molecule has 0 bridgehead atoms. The average molecular weight is 482 g/mol. The van der Waals surface area contributed by atoms with Gasteiger partial charge < -0.3 is 9.64 Å². The van der Waals surface area contributed by atoms with Crippen LogP contribution in [0.2, 0.25) is 0 Å². The van der Waals surface area contributed by atoms with Gasteiger partial charge in [-0.3, -0.25) is 10.1 Å². The molecule has 8 nitrogen and oxygen atoms in total. The van der Waals surface area contributed by atoms with Gasteiger partial charge >= 0.3 is 6.03 Å². The number of carbonyl (C=O) groups is 2. The summed E-state index contributed by atoms with van der Waals surface area (Å²) >= 11 is 0. The van der Waals surface area contributed by atoms with Crippen LogP contribution in [0.3, 0.4) is 0 Å². The Morgan fingerprint density at radius 3 is 2.67 bits per heavy atom. The van der Waals surface area contributed by atoms with E-state index >= 15 is 0 Å². The third-order valence-electron chi connectivity index (χ3n) is 6.48. The van der Waals surface area contributed by atoms with Crippen LogP contribution in [0.25, 0.3) is 0 Å². The van der Waals surface area contributed by atoms with Crippen LogP contribution in [-0.2, 0) is 21.2 Å². The van der Waals surface area contributed by atoms with Crippen LogP contribution in [0.5, 0.6) is 5.75 Å². The van der Waals surface area contributed by atoms with E-state index in [0.29, 0.717) is 51.2 Å². The summed E-state index contributed by atoms with van der Waals surface area (Å²) in [7, 11) is -3.53. The van der Waals surface area contributed by atoms with Crippen LogP contribution < -0.4 is 14.8 Å². The lowest BCUT2D eigenvalue weighted by Crippen LogP contribution is -2.31. The molecule has 1 saturated carbocycles. The van der Waals surface area contributed by atoms with Gasteiger partial charge in [-0.05, 0) is 62.5 Å². The third-order valence-corrected chi connectivity index (χ3v) is 7.95. The van der Waals surface area contributed by atoms with Gasteiger partial charge in [0.2, 0.25) is 15.9 Å². The van der Waals surface area contributed by atoms with Crippen molar-refractivity contribution >= 4 is 22.0 Å². The lowest BCUT2D eigenvalue weighted by atomic mass is 9.98. The monoisotopic (exact) mass is 481 g/mol. The second-order valence-electron chi connectivity index (χ2n) is 9.27. The predicted octanol–water partition coefficient (Wildman–Crippen LogP) is 3.02. The maximum atomic E-state index is 14.5. The Morgan fingerprint density at radius 1 is 1.12 bits per heavy atom. The summed E-state index contributed by atoms with van der Waals surface area (Å²) in [6, 6.07) is 2.29. The van der Waals surface area contributed by atoms with Crippen LogP contribution in [0.1, 0.15) is 68.5 Å². The van der Waals surface area contributed by atoms with Crippen molar-refractivity contribution in [3.8, 4) is 5.75 Å². The van der Waals surface area contributed by atoms with Gasteiger partial charge in [0, 0.05) is 18.2 Å². The van der Waals surface area contributed by atoms with Crippen molar-refractivity contribution in [2.24, 2.45) is 5.92 Å². The standard InChI is InChI=1S/C23H32FN3O5S/c24-19-11-10-17-18(22(19)32-15-16-8-9-16)6-2-3-7-20(17)26-33(30,31)13-5-1-4-12-27-14-21(28)25-23(27)29/h10-11,16,20,26H,1-9,12-15H2,(H,25,28,29). The number of urea groups is 1. The maximum Gasteiger partial charge on any atom is 0.324 e. The molecule has 1 heterocycles. The summed E-state index contributed by atoms with van der Waals surface area (Å²) < 4.78 is 48.8. The first-order chi connectivity index (χ1) is 15.8. The van der Waals surface area contributed by atoms with Crippen molar-refractivity contribution in [2.75, 3.05) is 25.4 Å². The molecule has 1 aromatic rings. The highest BCUT2D eigenvalue weighted by molar-refractivity contribution is 7.89. The minimum atomic E-state index is -3.53. The number of benzene rings is 1. The van der Waals surface area contributed by atoms with E-state index in [9.17, 15) is 22.4 Å². The van der Waals surface area contributed by atoms with Gasteiger partial charge in [0.1, 0.15) is 6.54 Å². The Labute approximate surface area is 194 Å². The van der Waals surface area contributed by atoms with Gasteiger partial charge in [0.15, 0.2) is 11.6 Å². The van der Waals surface area contributed by atoms with E-state index in [1.165, 1.54) is 11.0 Å². The molecular weight excluding hydrogens is 449 g/mol. The highest BCUT2D eigenvalue weighted by Gasteiger charge is 2.29. The molecule has 0 aromatic heterocycles. The normalized spacial score (nSPS) is 21.0. The second-order valence-corrected chi connectivity index (χ2v) is 11.1. The summed E-state index contributed by atoms with van der Waals surface area (Å²) in [5, 5.41) is 2.22. The number of fused-ring (bicyclic) bond motifs is 1. The Balaban J connectivity index is 1.32. The quantitative estimate of drug-likeness (QED) is 0.287. The van der Waals surface area contributed by atoms with Crippen LogP contribution in [-0.4, -0.2) is 50.7 Å². The van der Waals surface area contributed by atoms with E-state index in [-0.39, 0.29) is 29.8 Å². The van der Waals surface area contributed by atoms with Gasteiger partial charge in [-0.15, -0.1) is 0 Å². The first-order valence-corrected chi connectivity index (χ1v) is 13.5. The number of imide groups is 1. The van der Waals surface area contributed by atoms with Gasteiger partial charge in [-0.25, -0.2) is 22.3 Å². The molecule has 3 aliphatic rings. The number of unbranched alkanes of at least 4 members (excludes halogenated alkanes) is 2. The number of amides is 3. The number of nitrogens with one attached hydrogen (secondary N) is 2. The number of sulfonamides is 1. The van der Waals surface area contributed by atoms with Gasteiger partial charge in [-0.1, -0.05) is 18.9 Å². The van der Waals surface area contributed by atoms with Crippen molar-refractivity contribution < 1.29 is 27.1 Å². The van der Waals surface area contributed by atoms with Crippen LogP contribution in [0, 0.1) is 11.7 Å². The Hall–Kier alpha value is -2.20. The van der Waals surface area contributed by atoms with Gasteiger partial charge in [0.05, 0.1) is 12.4 Å². The fraction of sp³-hybridized carbons (Fsp3) is 0.652. The van der Waals surface area contributed by atoms with Crippen molar-refractivity contribution in [1.82, 2.24) is 14.9 Å². The van der Waals surface area contributed by atoms with Crippen molar-refractivity contribution in [3.63, 3.8) is 0 Å². The molecule has 2 fully saturated rings. The van der Waals surface area contributed by atoms with E-state index in [1.54, 1.807) is 6.07 Å². The summed E-state index contributed by atoms with van der Waals surface area (Å²) in [6.45, 7) is 1.000. The Kier molecular flexibility index (Phi) is 7.53. The summed E-state index contributed by atoms with van der Waals surface area (Å²) in [5.41, 5.74) is 1.60. The number of ether oxygens (including phenoxy) is 1. The lowest BCUT2D eigenvalue weighted by Gasteiger charge is -2.21. The van der Waals surface area contributed by atoms with Crippen LogP contribution >= 0.6 is 0 Å². The smallest absolute Gasteiger partial charge is 0.324 e. The van der Waals surface area contributed by atoms with E-state index in [0.717, 1.165) is 36.8 Å². The van der Waals surface area contributed by atoms with E-state index in [1.807, 2.05) is 0 Å². The minimum Gasteiger partial charge on any atom is -0.490 e. The predicted molar refractivity (Wildman–Crippen MR) is 121 cm³/mol. The molecular formula is C23H32FN3O5S. The first-order valence-electron chi connectivity index (χ1n) is 11.9. The van der Waals surface area contributed by atoms with Crippen molar-refractivity contribution in [2.45, 2.75) is 63.8 Å². The van der Waals surface area contributed by atoms with Crippen molar-refractivity contribution in [3.05, 3.63) is 29.1 Å². The number of halogens is 1. The third kappa shape index (κ3) is 6.44. The fourth-order valence-electron chi connectivity index (χ4n) is 4.48. The molecule has 182 valence electrons. The highest BCUT2D eigenvalue weighted by Crippen LogP contribution is 2.38. The second kappa shape index (κ2) is 10.4. The zero-order valence-electron chi connectivity index (χ0n) is 18.8. The molecule has 1 saturated heterocycles. The van der Waals surface area contributed by atoms with Gasteiger partial charge in [-0.2, -0.15) is 0 Å². The molecule has 0 spiro atoms. The number of nitrogens with zero attached hydrogens (tertiary/aromatic N) is 1. The first kappa shape index (κ1) is 23.9. The summed E-state index contributed by atoms with van der Waals surface area (Å²) in [4.78, 5) is 24.2. The van der Waals surface area contributed by atoms with Gasteiger partial charge in [0.25, 0.3) is 0 Å². The Bertz CT molecular complexity index is 996. The van der Waals surface area contributed by atoms with Crippen LogP contribution in [0.15, 0.2) is 12.1 Å². The van der Waals surface area contributed by atoms with E-state index < -0.39 is 22.1 Å². The molecule has 33 heavy (non-hydrogen) atoms. The number of rotatable bonds is 11. The molecule has 4 rings (SSSR count). The maximum absolute atomic E-state index is 14.5. The molecule has 3 amide bonds. The molecule has 0 radical (unpaired) electrons. The highest BCUT2D eigenvalue weighted by atomic mass is 32.2. The SMILES string of the molecule is O=C1CN(CCCCCS(=O)(=O)NC2CCCCc3c2ccc(F)c3OCC2CC2)C(=O)N1.